The molecule has 1 saturated heterocycles. The van der Waals surface area contributed by atoms with Gasteiger partial charge in [0.05, 0.1) is 6.54 Å². The fourth-order valence-corrected chi connectivity index (χ4v) is 3.22. The van der Waals surface area contributed by atoms with Gasteiger partial charge in [-0.1, -0.05) is 30.3 Å². The topological polar surface area (TPSA) is 61.4 Å². The molecule has 1 amide bonds. The smallest absolute Gasteiger partial charge is 0.236 e. The van der Waals surface area contributed by atoms with Gasteiger partial charge in [0.15, 0.2) is 5.82 Å². The van der Waals surface area contributed by atoms with Crippen molar-refractivity contribution in [1.82, 2.24) is 20.4 Å². The highest BCUT2D eigenvalue weighted by atomic mass is 16.2. The first kappa shape index (κ1) is 17.4. The normalized spacial score (nSPS) is 16.8. The van der Waals surface area contributed by atoms with Crippen LogP contribution in [0.15, 0.2) is 48.7 Å². The molecule has 2 aromatic rings. The van der Waals surface area contributed by atoms with Crippen molar-refractivity contribution in [2.45, 2.75) is 25.4 Å². The standard InChI is InChI=1S/C19H25N5O/c1-23(15-16-7-3-2-4-8-16)19(25)14-20-13-17-9-6-12-24(17)18-10-5-11-21-22-18/h2-5,7-8,10-11,17,20H,6,9,12-15H2,1H3/t17-/m0/s1. The molecule has 3 rings (SSSR count). The molecule has 132 valence electrons. The molecular weight excluding hydrogens is 314 g/mol. The first-order valence-electron chi connectivity index (χ1n) is 8.77. The number of carbonyl (C=O) groups excluding carboxylic acids is 1. The summed E-state index contributed by atoms with van der Waals surface area (Å²) in [6.45, 7) is 2.76. The number of rotatable bonds is 7. The van der Waals surface area contributed by atoms with Crippen LogP contribution in [0.2, 0.25) is 0 Å². The van der Waals surface area contributed by atoms with Gasteiger partial charge in [-0.2, -0.15) is 5.10 Å². The van der Waals surface area contributed by atoms with Crippen molar-refractivity contribution in [3.05, 3.63) is 54.2 Å². The fourth-order valence-electron chi connectivity index (χ4n) is 3.22. The molecule has 0 bridgehead atoms. The largest absolute Gasteiger partial charge is 0.351 e. The van der Waals surface area contributed by atoms with Gasteiger partial charge in [0.25, 0.3) is 0 Å². The number of hydrogen-bond acceptors (Lipinski definition) is 5. The summed E-state index contributed by atoms with van der Waals surface area (Å²) in [5.41, 5.74) is 1.14. The van der Waals surface area contributed by atoms with Crippen molar-refractivity contribution < 1.29 is 4.79 Å². The summed E-state index contributed by atoms with van der Waals surface area (Å²) in [6.07, 6.45) is 3.94. The van der Waals surface area contributed by atoms with E-state index in [4.69, 9.17) is 0 Å². The highest BCUT2D eigenvalue weighted by Crippen LogP contribution is 2.22. The van der Waals surface area contributed by atoms with Gasteiger partial charge in [-0.3, -0.25) is 4.79 Å². The van der Waals surface area contributed by atoms with E-state index in [9.17, 15) is 4.79 Å². The van der Waals surface area contributed by atoms with E-state index in [0.717, 1.165) is 37.3 Å². The molecule has 0 unspecified atom stereocenters. The molecule has 0 radical (unpaired) electrons. The van der Waals surface area contributed by atoms with Crippen LogP contribution in [-0.4, -0.2) is 53.7 Å². The average molecular weight is 339 g/mol. The Hall–Kier alpha value is -2.47. The Bertz CT molecular complexity index is 664. The van der Waals surface area contributed by atoms with E-state index < -0.39 is 0 Å². The van der Waals surface area contributed by atoms with Crippen molar-refractivity contribution in [2.24, 2.45) is 0 Å². The quantitative estimate of drug-likeness (QED) is 0.832. The van der Waals surface area contributed by atoms with Crippen LogP contribution in [0, 0.1) is 0 Å². The van der Waals surface area contributed by atoms with Gasteiger partial charge >= 0.3 is 0 Å². The van der Waals surface area contributed by atoms with Crippen molar-refractivity contribution in [2.75, 3.05) is 31.6 Å². The summed E-state index contributed by atoms with van der Waals surface area (Å²) >= 11 is 0. The van der Waals surface area contributed by atoms with Crippen LogP contribution in [0.4, 0.5) is 5.82 Å². The third-order valence-electron chi connectivity index (χ3n) is 4.57. The van der Waals surface area contributed by atoms with Gasteiger partial charge < -0.3 is 15.1 Å². The molecule has 1 N–H and O–H groups in total. The lowest BCUT2D eigenvalue weighted by atomic mass is 10.2. The fraction of sp³-hybridized carbons (Fsp3) is 0.421. The molecule has 1 aliphatic rings. The molecule has 0 spiro atoms. The van der Waals surface area contributed by atoms with Crippen molar-refractivity contribution in [3.63, 3.8) is 0 Å². The molecule has 0 saturated carbocycles. The van der Waals surface area contributed by atoms with Crippen molar-refractivity contribution >= 4 is 11.7 Å². The monoisotopic (exact) mass is 339 g/mol. The molecule has 0 aliphatic carbocycles. The Kier molecular flexibility index (Phi) is 5.95. The number of nitrogens with one attached hydrogen (secondary N) is 1. The zero-order chi connectivity index (χ0) is 17.5. The second-order valence-electron chi connectivity index (χ2n) is 6.44. The zero-order valence-electron chi connectivity index (χ0n) is 14.6. The Morgan fingerprint density at radius 2 is 2.12 bits per heavy atom. The highest BCUT2D eigenvalue weighted by molar-refractivity contribution is 5.77. The number of anilines is 1. The Morgan fingerprint density at radius 1 is 1.28 bits per heavy atom. The Labute approximate surface area is 148 Å². The van der Waals surface area contributed by atoms with Crippen molar-refractivity contribution in [1.29, 1.82) is 0 Å². The van der Waals surface area contributed by atoms with Gasteiger partial charge in [-0.05, 0) is 30.5 Å². The van der Waals surface area contributed by atoms with Crippen molar-refractivity contribution in [3.8, 4) is 0 Å². The summed E-state index contributed by atoms with van der Waals surface area (Å²) in [6, 6.07) is 14.3. The predicted molar refractivity (Wildman–Crippen MR) is 98.2 cm³/mol. The van der Waals surface area contributed by atoms with Crippen LogP contribution in [0.1, 0.15) is 18.4 Å². The molecule has 1 atom stereocenters. The number of aromatic nitrogens is 2. The van der Waals surface area contributed by atoms with Gasteiger partial charge in [0.2, 0.25) is 5.91 Å². The second kappa shape index (κ2) is 8.58. The minimum absolute atomic E-state index is 0.105. The molecule has 1 fully saturated rings. The van der Waals surface area contributed by atoms with E-state index >= 15 is 0 Å². The second-order valence-corrected chi connectivity index (χ2v) is 6.44. The number of benzene rings is 1. The molecule has 1 aromatic heterocycles. The molecule has 1 aromatic carbocycles. The number of nitrogens with zero attached hydrogens (tertiary/aromatic N) is 4. The van der Waals surface area contributed by atoms with E-state index in [1.54, 1.807) is 11.1 Å². The highest BCUT2D eigenvalue weighted by Gasteiger charge is 2.25. The summed E-state index contributed by atoms with van der Waals surface area (Å²) in [5, 5.41) is 11.5. The van der Waals surface area contributed by atoms with Gasteiger partial charge in [0, 0.05) is 38.9 Å². The maximum atomic E-state index is 12.3. The van der Waals surface area contributed by atoms with Gasteiger partial charge in [0.1, 0.15) is 0 Å². The van der Waals surface area contributed by atoms with Crippen LogP contribution in [0.5, 0.6) is 0 Å². The Balaban J connectivity index is 1.45. The first-order valence-corrected chi connectivity index (χ1v) is 8.77. The lowest BCUT2D eigenvalue weighted by molar-refractivity contribution is -0.129. The van der Waals surface area contributed by atoms with Crippen LogP contribution in [0.25, 0.3) is 0 Å². The van der Waals surface area contributed by atoms with Gasteiger partial charge in [-0.25, -0.2) is 0 Å². The predicted octanol–water partition coefficient (Wildman–Crippen LogP) is 1.69. The molecule has 6 nitrogen and oxygen atoms in total. The molecule has 6 heteroatoms. The maximum Gasteiger partial charge on any atom is 0.236 e. The summed E-state index contributed by atoms with van der Waals surface area (Å²) in [5.74, 6) is 1.02. The minimum atomic E-state index is 0.105. The molecular formula is C19H25N5O. The lowest BCUT2D eigenvalue weighted by Crippen LogP contribution is -2.42. The molecule has 1 aliphatic heterocycles. The number of likely N-dealkylation sites (N-methyl/N-ethyl adjacent to an activating group) is 1. The molecule has 2 heterocycles. The maximum absolute atomic E-state index is 12.3. The van der Waals surface area contributed by atoms with E-state index in [-0.39, 0.29) is 5.91 Å². The Morgan fingerprint density at radius 3 is 2.88 bits per heavy atom. The van der Waals surface area contributed by atoms with E-state index in [0.29, 0.717) is 19.1 Å². The van der Waals surface area contributed by atoms with Crippen LogP contribution in [-0.2, 0) is 11.3 Å². The number of hydrogen-bond donors (Lipinski definition) is 1. The van der Waals surface area contributed by atoms with E-state index in [1.807, 2.05) is 49.5 Å². The molecule has 25 heavy (non-hydrogen) atoms. The number of carbonyl (C=O) groups is 1. The van der Waals surface area contributed by atoms with E-state index in [1.165, 1.54) is 0 Å². The SMILES string of the molecule is CN(Cc1ccccc1)C(=O)CNC[C@@H]1CCCN1c1cccnn1. The number of amides is 1. The zero-order valence-corrected chi connectivity index (χ0v) is 14.6. The lowest BCUT2D eigenvalue weighted by Gasteiger charge is -2.26. The third kappa shape index (κ3) is 4.76. The van der Waals surface area contributed by atoms with Crippen LogP contribution in [0.3, 0.4) is 0 Å². The van der Waals surface area contributed by atoms with Gasteiger partial charge in [-0.15, -0.1) is 5.10 Å². The van der Waals surface area contributed by atoms with E-state index in [2.05, 4.69) is 20.4 Å². The van der Waals surface area contributed by atoms with Crippen LogP contribution < -0.4 is 10.2 Å². The van der Waals surface area contributed by atoms with Crippen LogP contribution >= 0.6 is 0 Å². The summed E-state index contributed by atoms with van der Waals surface area (Å²) < 4.78 is 0. The summed E-state index contributed by atoms with van der Waals surface area (Å²) in [7, 11) is 1.85. The third-order valence-corrected chi connectivity index (χ3v) is 4.57. The summed E-state index contributed by atoms with van der Waals surface area (Å²) in [4.78, 5) is 16.3. The minimum Gasteiger partial charge on any atom is -0.351 e. The first-order chi connectivity index (χ1) is 12.2. The average Bonchev–Trinajstić information content (AvgIpc) is 3.11.